The predicted molar refractivity (Wildman–Crippen MR) is 83.7 cm³/mol. The molecule has 0 radical (unpaired) electrons. The van der Waals surface area contributed by atoms with Gasteiger partial charge in [0.1, 0.15) is 0 Å². The van der Waals surface area contributed by atoms with Crippen molar-refractivity contribution in [3.63, 3.8) is 0 Å². The maximum Gasteiger partial charge on any atom is 0.255 e. The monoisotopic (exact) mass is 285 g/mol. The van der Waals surface area contributed by atoms with E-state index in [-0.39, 0.29) is 17.9 Å². The van der Waals surface area contributed by atoms with Gasteiger partial charge in [-0.15, -0.1) is 0 Å². The van der Waals surface area contributed by atoms with E-state index in [0.29, 0.717) is 11.1 Å². The molecule has 0 atom stereocenters. The first-order valence-corrected chi connectivity index (χ1v) is 7.58. The van der Waals surface area contributed by atoms with Crippen LogP contribution < -0.4 is 5.73 Å². The van der Waals surface area contributed by atoms with Crippen LogP contribution in [0, 0.1) is 17.3 Å². The summed E-state index contributed by atoms with van der Waals surface area (Å²) in [4.78, 5) is 18.8. The normalized spacial score (nSPS) is 16.4. The van der Waals surface area contributed by atoms with E-state index >= 15 is 0 Å². The molecule has 2 rings (SSSR count). The Kier molecular flexibility index (Phi) is 4.98. The highest BCUT2D eigenvalue weighted by molar-refractivity contribution is 5.96. The maximum absolute atomic E-state index is 12.7. The van der Waals surface area contributed by atoms with E-state index in [1.807, 2.05) is 4.90 Å². The Morgan fingerprint density at radius 1 is 1.48 bits per heavy atom. The highest BCUT2D eigenvalue weighted by atomic mass is 16.2. The first-order valence-electron chi connectivity index (χ1n) is 7.58. The number of nitrogens with zero attached hydrogens (tertiary/aromatic N) is 2. The molecule has 4 nitrogen and oxygen atoms in total. The second-order valence-electron chi connectivity index (χ2n) is 5.61. The summed E-state index contributed by atoms with van der Waals surface area (Å²) in [6.07, 6.45) is 6.59. The van der Waals surface area contributed by atoms with Crippen molar-refractivity contribution >= 4 is 5.91 Å². The van der Waals surface area contributed by atoms with Crippen LogP contribution in [0.5, 0.6) is 0 Å². The molecular weight excluding hydrogens is 262 g/mol. The topological polar surface area (TPSA) is 59.2 Å². The largest absolute Gasteiger partial charge is 0.338 e. The van der Waals surface area contributed by atoms with E-state index in [1.165, 1.54) is 0 Å². The van der Waals surface area contributed by atoms with Crippen molar-refractivity contribution in [2.24, 2.45) is 11.1 Å². The maximum atomic E-state index is 12.7. The molecule has 2 N–H and O–H groups in total. The molecule has 1 aromatic heterocycles. The third kappa shape index (κ3) is 3.25. The molecule has 0 bridgehead atoms. The quantitative estimate of drug-likeness (QED) is 0.865. The molecule has 112 valence electrons. The van der Waals surface area contributed by atoms with Crippen LogP contribution in [0.25, 0.3) is 0 Å². The summed E-state index contributed by atoms with van der Waals surface area (Å²) in [5.74, 6) is 5.79. The van der Waals surface area contributed by atoms with Gasteiger partial charge in [0, 0.05) is 25.5 Å². The fraction of sp³-hybridized carbons (Fsp3) is 0.529. The average molecular weight is 285 g/mol. The van der Waals surface area contributed by atoms with Crippen molar-refractivity contribution in [2.45, 2.75) is 33.1 Å². The molecule has 0 spiro atoms. The SMILES string of the molecule is CCC1(CC)CCN(C(=O)c2ccncc2C#CCN)C1. The molecule has 21 heavy (non-hydrogen) atoms. The Morgan fingerprint density at radius 3 is 2.86 bits per heavy atom. The Morgan fingerprint density at radius 2 is 2.24 bits per heavy atom. The van der Waals surface area contributed by atoms with Gasteiger partial charge < -0.3 is 10.6 Å². The van der Waals surface area contributed by atoms with Crippen LogP contribution >= 0.6 is 0 Å². The van der Waals surface area contributed by atoms with E-state index in [1.54, 1.807) is 18.5 Å². The van der Waals surface area contributed by atoms with E-state index in [0.717, 1.165) is 32.4 Å². The van der Waals surface area contributed by atoms with Crippen LogP contribution in [0.15, 0.2) is 18.5 Å². The summed E-state index contributed by atoms with van der Waals surface area (Å²) >= 11 is 0. The van der Waals surface area contributed by atoms with Crippen molar-refractivity contribution in [3.8, 4) is 11.8 Å². The zero-order valence-electron chi connectivity index (χ0n) is 12.9. The average Bonchev–Trinajstić information content (AvgIpc) is 2.98. The number of carbonyl (C=O) groups excluding carboxylic acids is 1. The third-order valence-electron chi connectivity index (χ3n) is 4.60. The van der Waals surface area contributed by atoms with Crippen molar-refractivity contribution in [3.05, 3.63) is 29.6 Å². The van der Waals surface area contributed by atoms with Crippen LogP contribution in [0.1, 0.15) is 49.0 Å². The molecule has 1 aromatic rings. The molecule has 1 fully saturated rings. The third-order valence-corrected chi connectivity index (χ3v) is 4.60. The van der Waals surface area contributed by atoms with Crippen LogP contribution in [0.4, 0.5) is 0 Å². The molecule has 1 saturated heterocycles. The van der Waals surface area contributed by atoms with Crippen LogP contribution in [0.3, 0.4) is 0 Å². The highest BCUT2D eigenvalue weighted by Gasteiger charge is 2.37. The number of amides is 1. The fourth-order valence-electron chi connectivity index (χ4n) is 2.93. The van der Waals surface area contributed by atoms with E-state index in [4.69, 9.17) is 5.73 Å². The van der Waals surface area contributed by atoms with Crippen molar-refractivity contribution in [1.29, 1.82) is 0 Å². The summed E-state index contributed by atoms with van der Waals surface area (Å²) in [7, 11) is 0. The molecular formula is C17H23N3O. The Labute approximate surface area is 126 Å². The Hall–Kier alpha value is -1.86. The predicted octanol–water partition coefficient (Wildman–Crippen LogP) is 2.04. The van der Waals surface area contributed by atoms with Gasteiger partial charge in [-0.05, 0) is 30.7 Å². The molecule has 1 amide bonds. The smallest absolute Gasteiger partial charge is 0.255 e. The van der Waals surface area contributed by atoms with Crippen LogP contribution in [-0.4, -0.2) is 35.4 Å². The highest BCUT2D eigenvalue weighted by Crippen LogP contribution is 2.37. The number of rotatable bonds is 3. The van der Waals surface area contributed by atoms with Gasteiger partial charge in [-0.3, -0.25) is 9.78 Å². The number of pyridine rings is 1. The second kappa shape index (κ2) is 6.73. The second-order valence-corrected chi connectivity index (χ2v) is 5.61. The van der Waals surface area contributed by atoms with Crippen molar-refractivity contribution in [2.75, 3.05) is 19.6 Å². The number of hydrogen-bond acceptors (Lipinski definition) is 3. The Balaban J connectivity index is 2.22. The molecule has 0 aromatic carbocycles. The minimum atomic E-state index is 0.0579. The number of hydrogen-bond donors (Lipinski definition) is 1. The minimum absolute atomic E-state index is 0.0579. The van der Waals surface area contributed by atoms with Gasteiger partial charge in [-0.1, -0.05) is 25.7 Å². The summed E-state index contributed by atoms with van der Waals surface area (Å²) < 4.78 is 0. The molecule has 0 aliphatic carbocycles. The van der Waals surface area contributed by atoms with Gasteiger partial charge in [0.2, 0.25) is 0 Å². The first kappa shape index (κ1) is 15.5. The lowest BCUT2D eigenvalue weighted by molar-refractivity contribution is 0.0769. The summed E-state index contributed by atoms with van der Waals surface area (Å²) in [6.45, 7) is 6.36. The van der Waals surface area contributed by atoms with Gasteiger partial charge in [-0.2, -0.15) is 0 Å². The lowest BCUT2D eigenvalue weighted by atomic mass is 9.82. The summed E-state index contributed by atoms with van der Waals surface area (Å²) in [5.41, 5.74) is 6.99. The molecule has 2 heterocycles. The van der Waals surface area contributed by atoms with Gasteiger partial charge in [0.05, 0.1) is 17.7 Å². The minimum Gasteiger partial charge on any atom is -0.338 e. The Bertz CT molecular complexity index is 567. The zero-order chi connectivity index (χ0) is 15.3. The lowest BCUT2D eigenvalue weighted by Gasteiger charge is -2.26. The van der Waals surface area contributed by atoms with Gasteiger partial charge >= 0.3 is 0 Å². The van der Waals surface area contributed by atoms with Gasteiger partial charge in [0.15, 0.2) is 0 Å². The summed E-state index contributed by atoms with van der Waals surface area (Å²) in [5, 5.41) is 0. The number of likely N-dealkylation sites (tertiary alicyclic amines) is 1. The van der Waals surface area contributed by atoms with E-state index in [2.05, 4.69) is 30.7 Å². The van der Waals surface area contributed by atoms with E-state index in [9.17, 15) is 4.79 Å². The van der Waals surface area contributed by atoms with Crippen molar-refractivity contribution < 1.29 is 4.79 Å². The first-order chi connectivity index (χ1) is 10.2. The van der Waals surface area contributed by atoms with Crippen LogP contribution in [-0.2, 0) is 0 Å². The molecule has 4 heteroatoms. The van der Waals surface area contributed by atoms with Gasteiger partial charge in [-0.25, -0.2) is 0 Å². The van der Waals surface area contributed by atoms with Crippen molar-refractivity contribution in [1.82, 2.24) is 9.88 Å². The molecule has 0 unspecified atom stereocenters. The van der Waals surface area contributed by atoms with E-state index < -0.39 is 0 Å². The zero-order valence-corrected chi connectivity index (χ0v) is 12.9. The molecule has 0 saturated carbocycles. The number of carbonyl (C=O) groups is 1. The molecule has 1 aliphatic heterocycles. The van der Waals surface area contributed by atoms with Gasteiger partial charge in [0.25, 0.3) is 5.91 Å². The molecule has 1 aliphatic rings. The van der Waals surface area contributed by atoms with Crippen LogP contribution in [0.2, 0.25) is 0 Å². The summed E-state index contributed by atoms with van der Waals surface area (Å²) in [6, 6.07) is 1.75. The lowest BCUT2D eigenvalue weighted by Crippen LogP contribution is -2.32. The number of aromatic nitrogens is 1. The number of nitrogens with two attached hydrogens (primary N) is 1. The standard InChI is InChI=1S/C17H23N3O/c1-3-17(4-2)8-11-20(13-17)16(21)15-7-10-19-12-14(15)6-5-9-18/h7,10,12H,3-4,8-9,11,13,18H2,1-2H3. The fourth-order valence-corrected chi connectivity index (χ4v) is 2.93.